The lowest BCUT2D eigenvalue weighted by Crippen LogP contribution is -2.29. The first kappa shape index (κ1) is 19.9. The molecule has 0 saturated carbocycles. The van der Waals surface area contributed by atoms with Gasteiger partial charge in [-0.25, -0.2) is 19.4 Å². The minimum Gasteiger partial charge on any atom is -0.319 e. The van der Waals surface area contributed by atoms with Crippen LogP contribution in [0.15, 0.2) is 51.4 Å². The molecule has 3 aromatic heterocycles. The largest absolute Gasteiger partial charge is 0.326 e. The van der Waals surface area contributed by atoms with Crippen molar-refractivity contribution in [3.05, 3.63) is 68.3 Å². The Morgan fingerprint density at radius 3 is 2.80 bits per heavy atom. The van der Waals surface area contributed by atoms with Crippen molar-refractivity contribution in [1.82, 2.24) is 29.7 Å². The van der Waals surface area contributed by atoms with E-state index in [4.69, 9.17) is 11.6 Å². The Hall–Kier alpha value is -3.44. The van der Waals surface area contributed by atoms with Gasteiger partial charge in [0.05, 0.1) is 28.0 Å². The van der Waals surface area contributed by atoms with Gasteiger partial charge in [0.1, 0.15) is 17.0 Å². The molecule has 10 nitrogen and oxygen atoms in total. The number of thioether (sulfide) groups is 1. The molecular formula is C18H14ClN7O3S. The highest BCUT2D eigenvalue weighted by atomic mass is 35.5. The van der Waals surface area contributed by atoms with Gasteiger partial charge in [0.25, 0.3) is 5.56 Å². The Morgan fingerprint density at radius 1 is 1.23 bits per heavy atom. The number of H-pyrrole nitrogens is 2. The van der Waals surface area contributed by atoms with E-state index in [-0.39, 0.29) is 17.1 Å². The lowest BCUT2D eigenvalue weighted by molar-refractivity contribution is -0.113. The summed E-state index contributed by atoms with van der Waals surface area (Å²) in [6.07, 6.45) is 2.99. The Bertz CT molecular complexity index is 1380. The van der Waals surface area contributed by atoms with Crippen LogP contribution in [0.25, 0.3) is 16.7 Å². The van der Waals surface area contributed by atoms with Crippen molar-refractivity contribution >= 4 is 46.0 Å². The second kappa shape index (κ2) is 8.13. The van der Waals surface area contributed by atoms with E-state index >= 15 is 0 Å². The molecule has 0 radical (unpaired) electrons. The molecule has 1 amide bonds. The summed E-state index contributed by atoms with van der Waals surface area (Å²) in [5.41, 5.74) is 0.194. The van der Waals surface area contributed by atoms with E-state index in [1.54, 1.807) is 16.9 Å². The Balaban J connectivity index is 1.55. The molecule has 12 heteroatoms. The lowest BCUT2D eigenvalue weighted by Gasteiger charge is -2.07. The van der Waals surface area contributed by atoms with E-state index in [0.717, 1.165) is 0 Å². The molecule has 0 spiro atoms. The van der Waals surface area contributed by atoms with E-state index in [9.17, 15) is 14.4 Å². The summed E-state index contributed by atoms with van der Waals surface area (Å²) in [7, 11) is 0. The topological polar surface area (TPSA) is 138 Å². The van der Waals surface area contributed by atoms with Crippen LogP contribution in [0.5, 0.6) is 0 Å². The van der Waals surface area contributed by atoms with Crippen LogP contribution in [0.4, 0.5) is 5.69 Å². The average Bonchev–Trinajstić information content (AvgIpc) is 3.14. The van der Waals surface area contributed by atoms with Crippen molar-refractivity contribution in [1.29, 1.82) is 0 Å². The van der Waals surface area contributed by atoms with E-state index in [2.05, 4.69) is 30.4 Å². The smallest absolute Gasteiger partial charge is 0.319 e. The molecule has 30 heavy (non-hydrogen) atoms. The molecule has 3 heterocycles. The van der Waals surface area contributed by atoms with Crippen molar-refractivity contribution in [2.24, 2.45) is 0 Å². The SMILES string of the molecule is Cc1[nH]c(=O)[nH]c(=O)c1NC(=O)CSc1ncnc2c1cnn2-c1ccccc1Cl. The fraction of sp³-hybridized carbons (Fsp3) is 0.111. The molecule has 0 bridgehead atoms. The fourth-order valence-electron chi connectivity index (χ4n) is 2.80. The average molecular weight is 444 g/mol. The third-order valence-corrected chi connectivity index (χ3v) is 5.47. The molecule has 0 aliphatic carbocycles. The van der Waals surface area contributed by atoms with Gasteiger partial charge in [-0.2, -0.15) is 5.10 Å². The third-order valence-electron chi connectivity index (χ3n) is 4.14. The van der Waals surface area contributed by atoms with Crippen LogP contribution >= 0.6 is 23.4 Å². The molecule has 152 valence electrons. The van der Waals surface area contributed by atoms with Gasteiger partial charge in [0, 0.05) is 5.69 Å². The number of aromatic amines is 2. The second-order valence-electron chi connectivity index (χ2n) is 6.17. The van der Waals surface area contributed by atoms with Gasteiger partial charge in [0.15, 0.2) is 5.65 Å². The number of nitrogens with zero attached hydrogens (tertiary/aromatic N) is 4. The number of para-hydroxylation sites is 1. The maximum atomic E-state index is 12.3. The fourth-order valence-corrected chi connectivity index (χ4v) is 3.77. The van der Waals surface area contributed by atoms with E-state index in [0.29, 0.717) is 26.8 Å². The third kappa shape index (κ3) is 3.84. The number of hydrogen-bond donors (Lipinski definition) is 3. The number of hydrogen-bond acceptors (Lipinski definition) is 7. The summed E-state index contributed by atoms with van der Waals surface area (Å²) in [5, 5.41) is 8.60. The maximum absolute atomic E-state index is 12.3. The summed E-state index contributed by atoms with van der Waals surface area (Å²) in [4.78, 5) is 48.5. The van der Waals surface area contributed by atoms with Gasteiger partial charge in [-0.05, 0) is 19.1 Å². The Labute approximate surface area is 177 Å². The lowest BCUT2D eigenvalue weighted by atomic mass is 10.3. The zero-order valence-corrected chi connectivity index (χ0v) is 17.0. The minimum atomic E-state index is -0.667. The number of amides is 1. The van der Waals surface area contributed by atoms with Crippen molar-refractivity contribution in [2.75, 3.05) is 11.1 Å². The van der Waals surface area contributed by atoms with Crippen molar-refractivity contribution in [2.45, 2.75) is 11.9 Å². The number of rotatable bonds is 5. The number of carbonyl (C=O) groups excluding carboxylic acids is 1. The van der Waals surface area contributed by atoms with Crippen LogP contribution in [-0.2, 0) is 4.79 Å². The molecule has 1 aromatic carbocycles. The zero-order valence-electron chi connectivity index (χ0n) is 15.5. The predicted octanol–water partition coefficient (Wildman–Crippen LogP) is 1.88. The first-order chi connectivity index (χ1) is 14.4. The number of carbonyl (C=O) groups is 1. The van der Waals surface area contributed by atoms with Crippen LogP contribution in [0.1, 0.15) is 5.69 Å². The summed E-state index contributed by atoms with van der Waals surface area (Å²) in [5.74, 6) is -0.438. The molecule has 0 unspecified atom stereocenters. The van der Waals surface area contributed by atoms with Crippen molar-refractivity contribution < 1.29 is 4.79 Å². The van der Waals surface area contributed by atoms with Gasteiger partial charge < -0.3 is 10.3 Å². The Morgan fingerprint density at radius 2 is 2.03 bits per heavy atom. The van der Waals surface area contributed by atoms with Crippen LogP contribution in [0.3, 0.4) is 0 Å². The standard InChI is InChI=1S/C18H14ClN7O3S/c1-9-14(16(28)25-18(29)23-9)24-13(27)7-30-17-10-6-22-26(15(10)20-8-21-17)12-5-3-2-4-11(12)19/h2-6,8H,7H2,1H3,(H,24,27)(H2,23,25,28,29). The predicted molar refractivity (Wildman–Crippen MR) is 113 cm³/mol. The number of anilines is 1. The Kier molecular flexibility index (Phi) is 5.38. The van der Waals surface area contributed by atoms with Crippen molar-refractivity contribution in [3.63, 3.8) is 0 Å². The van der Waals surface area contributed by atoms with Gasteiger partial charge in [-0.1, -0.05) is 35.5 Å². The van der Waals surface area contributed by atoms with Gasteiger partial charge >= 0.3 is 5.69 Å². The molecule has 0 aliphatic heterocycles. The number of aryl methyl sites for hydroxylation is 1. The number of aromatic nitrogens is 6. The first-order valence-corrected chi connectivity index (χ1v) is 10.00. The van der Waals surface area contributed by atoms with E-state index in [1.165, 1.54) is 25.0 Å². The summed E-state index contributed by atoms with van der Waals surface area (Å²) < 4.78 is 1.60. The van der Waals surface area contributed by atoms with E-state index < -0.39 is 17.2 Å². The number of benzene rings is 1. The quantitative estimate of drug-likeness (QED) is 0.316. The molecule has 0 fully saturated rings. The molecule has 4 rings (SSSR count). The van der Waals surface area contributed by atoms with Gasteiger partial charge in [-0.15, -0.1) is 0 Å². The van der Waals surface area contributed by atoms with Gasteiger partial charge in [-0.3, -0.25) is 14.6 Å². The number of halogens is 1. The molecule has 0 aliphatic rings. The van der Waals surface area contributed by atoms with E-state index in [1.807, 2.05) is 18.2 Å². The monoisotopic (exact) mass is 443 g/mol. The van der Waals surface area contributed by atoms with Gasteiger partial charge in [0.2, 0.25) is 5.91 Å². The van der Waals surface area contributed by atoms with Crippen LogP contribution in [0.2, 0.25) is 5.02 Å². The molecule has 4 aromatic rings. The zero-order chi connectivity index (χ0) is 21.3. The van der Waals surface area contributed by atoms with Crippen LogP contribution < -0.4 is 16.6 Å². The highest BCUT2D eigenvalue weighted by molar-refractivity contribution is 8.00. The molecular weight excluding hydrogens is 430 g/mol. The first-order valence-electron chi connectivity index (χ1n) is 8.63. The molecule has 0 saturated heterocycles. The summed E-state index contributed by atoms with van der Waals surface area (Å²) >= 11 is 7.43. The molecule has 3 N–H and O–H groups in total. The summed E-state index contributed by atoms with van der Waals surface area (Å²) in [6, 6.07) is 7.24. The maximum Gasteiger partial charge on any atom is 0.326 e. The number of fused-ring (bicyclic) bond motifs is 1. The highest BCUT2D eigenvalue weighted by Gasteiger charge is 2.15. The normalized spacial score (nSPS) is 11.0. The second-order valence-corrected chi connectivity index (χ2v) is 7.54. The summed E-state index contributed by atoms with van der Waals surface area (Å²) in [6.45, 7) is 1.52. The molecule has 0 atom stereocenters. The van der Waals surface area contributed by atoms with Crippen LogP contribution in [-0.4, -0.2) is 41.4 Å². The number of nitrogens with one attached hydrogen (secondary N) is 3. The highest BCUT2D eigenvalue weighted by Crippen LogP contribution is 2.28. The van der Waals surface area contributed by atoms with Crippen molar-refractivity contribution in [3.8, 4) is 5.69 Å². The minimum absolute atomic E-state index is 0.000395. The van der Waals surface area contributed by atoms with Crippen LogP contribution in [0, 0.1) is 6.92 Å².